The molecule has 0 spiro atoms. The Morgan fingerprint density at radius 3 is 2.45 bits per heavy atom. The number of carbonyl (C=O) groups excluding carboxylic acids is 2. The molecule has 1 saturated heterocycles. The van der Waals surface area contributed by atoms with E-state index in [9.17, 15) is 9.59 Å². The summed E-state index contributed by atoms with van der Waals surface area (Å²) in [6.45, 7) is 5.18. The van der Waals surface area contributed by atoms with E-state index >= 15 is 0 Å². The third-order valence-electron chi connectivity index (χ3n) is 5.89. The molecule has 0 aliphatic carbocycles. The van der Waals surface area contributed by atoms with Crippen LogP contribution in [-0.2, 0) is 16.1 Å². The maximum atomic E-state index is 12.9. The van der Waals surface area contributed by atoms with Gasteiger partial charge in [0.15, 0.2) is 0 Å². The molecule has 1 aliphatic heterocycles. The summed E-state index contributed by atoms with van der Waals surface area (Å²) >= 11 is 0. The number of likely N-dealkylation sites (N-methyl/N-ethyl adjacent to an activating group) is 1. The molecule has 174 valence electrons. The zero-order valence-electron chi connectivity index (χ0n) is 20.0. The molecular weight excluding hydrogens is 392 g/mol. The molecule has 0 aromatic heterocycles. The van der Waals surface area contributed by atoms with Gasteiger partial charge in [-0.15, -0.1) is 0 Å². The van der Waals surface area contributed by atoms with Gasteiger partial charge in [0.2, 0.25) is 11.8 Å². The van der Waals surface area contributed by atoms with Crippen LogP contribution in [0.15, 0.2) is 24.3 Å². The van der Waals surface area contributed by atoms with Crippen molar-refractivity contribution >= 4 is 11.8 Å². The van der Waals surface area contributed by atoms with Crippen LogP contribution in [0.2, 0.25) is 0 Å². The van der Waals surface area contributed by atoms with Crippen molar-refractivity contribution in [2.24, 2.45) is 5.92 Å². The van der Waals surface area contributed by atoms with Gasteiger partial charge in [-0.1, -0.05) is 18.2 Å². The van der Waals surface area contributed by atoms with Crippen molar-refractivity contribution in [1.82, 2.24) is 19.6 Å². The first-order valence-corrected chi connectivity index (χ1v) is 11.3. The first-order chi connectivity index (χ1) is 14.8. The maximum Gasteiger partial charge on any atom is 0.223 e. The molecular formula is C24H40N4O3. The number of nitrogens with zero attached hydrogens (tertiary/aromatic N) is 4. The van der Waals surface area contributed by atoms with Gasteiger partial charge in [-0.3, -0.25) is 14.5 Å². The first kappa shape index (κ1) is 25.1. The first-order valence-electron chi connectivity index (χ1n) is 11.3. The Morgan fingerprint density at radius 1 is 1.06 bits per heavy atom. The van der Waals surface area contributed by atoms with Crippen LogP contribution in [0.3, 0.4) is 0 Å². The lowest BCUT2D eigenvalue weighted by Gasteiger charge is -2.36. The van der Waals surface area contributed by atoms with E-state index in [-0.39, 0.29) is 24.7 Å². The summed E-state index contributed by atoms with van der Waals surface area (Å²) < 4.78 is 5.51. The fraction of sp³-hybridized carbons (Fsp3) is 0.667. The van der Waals surface area contributed by atoms with Crippen molar-refractivity contribution in [3.05, 3.63) is 29.8 Å². The zero-order chi connectivity index (χ0) is 22.8. The summed E-state index contributed by atoms with van der Waals surface area (Å²) in [6.07, 6.45) is 2.82. The van der Waals surface area contributed by atoms with E-state index < -0.39 is 0 Å². The highest BCUT2D eigenvalue weighted by Crippen LogP contribution is 2.24. The lowest BCUT2D eigenvalue weighted by molar-refractivity contribution is -0.136. The van der Waals surface area contributed by atoms with Gasteiger partial charge in [-0.2, -0.15) is 0 Å². The van der Waals surface area contributed by atoms with Crippen LogP contribution in [0.1, 0.15) is 31.2 Å². The Bertz CT molecular complexity index is 708. The molecule has 7 heteroatoms. The standard InChI is InChI=1S/C24H40N4O3/c1-25(2)15-16-28(24(30)13-12-23(29)26(3)4)18-20-9-8-14-27(17-20)19-21-10-6-7-11-22(21)31-5/h6-7,10-11,20H,8-9,12-19H2,1-5H3. The van der Waals surface area contributed by atoms with Crippen molar-refractivity contribution in [1.29, 1.82) is 0 Å². The average Bonchev–Trinajstić information content (AvgIpc) is 2.75. The normalized spacial score (nSPS) is 16.9. The van der Waals surface area contributed by atoms with Crippen molar-refractivity contribution in [2.45, 2.75) is 32.2 Å². The molecule has 1 aliphatic rings. The van der Waals surface area contributed by atoms with E-state index in [1.165, 1.54) is 5.56 Å². The topological polar surface area (TPSA) is 56.3 Å². The summed E-state index contributed by atoms with van der Waals surface area (Å²) in [4.78, 5) is 32.9. The SMILES string of the molecule is COc1ccccc1CN1CCCC(CN(CCN(C)C)C(=O)CCC(=O)N(C)C)C1. The maximum absolute atomic E-state index is 12.9. The lowest BCUT2D eigenvalue weighted by atomic mass is 9.96. The minimum absolute atomic E-state index is 0.00144. The van der Waals surface area contributed by atoms with E-state index in [1.54, 1.807) is 26.1 Å². The number of rotatable bonds is 11. The predicted molar refractivity (Wildman–Crippen MR) is 124 cm³/mol. The Kier molecular flexibility index (Phi) is 10.3. The van der Waals surface area contributed by atoms with Gasteiger partial charge in [-0.05, 0) is 45.5 Å². The molecule has 0 saturated carbocycles. The quantitative estimate of drug-likeness (QED) is 0.536. The van der Waals surface area contributed by atoms with E-state index in [1.807, 2.05) is 31.1 Å². The van der Waals surface area contributed by atoms with Gasteiger partial charge in [-0.25, -0.2) is 0 Å². The van der Waals surface area contributed by atoms with Crippen LogP contribution in [0.25, 0.3) is 0 Å². The summed E-state index contributed by atoms with van der Waals surface area (Å²) in [5.41, 5.74) is 1.20. The summed E-state index contributed by atoms with van der Waals surface area (Å²) in [7, 11) is 9.22. The molecule has 1 aromatic rings. The molecule has 2 amide bonds. The Morgan fingerprint density at radius 2 is 1.77 bits per heavy atom. The zero-order valence-corrected chi connectivity index (χ0v) is 20.0. The lowest BCUT2D eigenvalue weighted by Crippen LogP contribution is -2.44. The number of amides is 2. The third-order valence-corrected chi connectivity index (χ3v) is 5.89. The monoisotopic (exact) mass is 432 g/mol. The number of para-hydroxylation sites is 1. The van der Waals surface area contributed by atoms with Crippen LogP contribution < -0.4 is 4.74 Å². The second-order valence-corrected chi connectivity index (χ2v) is 8.99. The van der Waals surface area contributed by atoms with Gasteiger partial charge in [0.1, 0.15) is 5.75 Å². The summed E-state index contributed by atoms with van der Waals surface area (Å²) in [6, 6.07) is 8.18. The largest absolute Gasteiger partial charge is 0.496 e. The molecule has 0 radical (unpaired) electrons. The predicted octanol–water partition coefficient (Wildman–Crippen LogP) is 2.17. The molecule has 1 aromatic carbocycles. The molecule has 0 N–H and O–H groups in total. The molecule has 1 atom stereocenters. The van der Waals surface area contributed by atoms with E-state index in [4.69, 9.17) is 4.74 Å². The Hall–Kier alpha value is -2.12. The van der Waals surface area contributed by atoms with Crippen LogP contribution in [0.4, 0.5) is 0 Å². The van der Waals surface area contributed by atoms with E-state index in [2.05, 4.69) is 21.9 Å². The number of hydrogen-bond donors (Lipinski definition) is 0. The number of hydrogen-bond acceptors (Lipinski definition) is 5. The Labute approximate surface area is 187 Å². The molecule has 1 fully saturated rings. The fourth-order valence-electron chi connectivity index (χ4n) is 4.06. The van der Waals surface area contributed by atoms with E-state index in [0.29, 0.717) is 12.5 Å². The number of piperidine rings is 1. The second-order valence-electron chi connectivity index (χ2n) is 8.99. The average molecular weight is 433 g/mol. The number of ether oxygens (including phenoxy) is 1. The third kappa shape index (κ3) is 8.50. The molecule has 7 nitrogen and oxygen atoms in total. The second kappa shape index (κ2) is 12.7. The van der Waals surface area contributed by atoms with Gasteiger partial charge < -0.3 is 19.4 Å². The van der Waals surface area contributed by atoms with Crippen LogP contribution in [0.5, 0.6) is 5.75 Å². The molecule has 1 heterocycles. The number of benzene rings is 1. The van der Waals surface area contributed by atoms with Gasteiger partial charge in [0.05, 0.1) is 7.11 Å². The van der Waals surface area contributed by atoms with Gasteiger partial charge in [0, 0.05) is 65.2 Å². The molecule has 1 unspecified atom stereocenters. The molecule has 2 rings (SSSR count). The molecule has 31 heavy (non-hydrogen) atoms. The summed E-state index contributed by atoms with van der Waals surface area (Å²) in [5, 5.41) is 0. The highest BCUT2D eigenvalue weighted by molar-refractivity contribution is 5.83. The van der Waals surface area contributed by atoms with E-state index in [0.717, 1.165) is 51.3 Å². The number of likely N-dealkylation sites (tertiary alicyclic amines) is 1. The number of methoxy groups -OCH3 is 1. The van der Waals surface area contributed by atoms with Crippen molar-refractivity contribution < 1.29 is 14.3 Å². The van der Waals surface area contributed by atoms with Gasteiger partial charge >= 0.3 is 0 Å². The Balaban J connectivity index is 1.96. The van der Waals surface area contributed by atoms with Crippen LogP contribution in [0, 0.1) is 5.92 Å². The van der Waals surface area contributed by atoms with Gasteiger partial charge in [0.25, 0.3) is 0 Å². The minimum Gasteiger partial charge on any atom is -0.496 e. The highest BCUT2D eigenvalue weighted by Gasteiger charge is 2.25. The fourth-order valence-corrected chi connectivity index (χ4v) is 4.06. The number of carbonyl (C=O) groups is 2. The van der Waals surface area contributed by atoms with Crippen molar-refractivity contribution in [3.63, 3.8) is 0 Å². The van der Waals surface area contributed by atoms with Crippen LogP contribution in [-0.4, -0.2) is 99.4 Å². The van der Waals surface area contributed by atoms with Crippen molar-refractivity contribution in [2.75, 3.05) is 68.0 Å². The highest BCUT2D eigenvalue weighted by atomic mass is 16.5. The summed E-state index contributed by atoms with van der Waals surface area (Å²) in [5.74, 6) is 1.46. The smallest absolute Gasteiger partial charge is 0.223 e. The minimum atomic E-state index is 0.00144. The van der Waals surface area contributed by atoms with Crippen LogP contribution >= 0.6 is 0 Å². The molecule has 0 bridgehead atoms. The van der Waals surface area contributed by atoms with Crippen molar-refractivity contribution in [3.8, 4) is 5.75 Å².